The molecule has 0 fully saturated rings. The molecule has 0 unspecified atom stereocenters. The molecule has 0 aliphatic carbocycles. The van der Waals surface area contributed by atoms with Crippen LogP contribution in [0, 0.1) is 13.8 Å². The van der Waals surface area contributed by atoms with Crippen LogP contribution >= 0.6 is 15.9 Å². The molecule has 0 saturated heterocycles. The zero-order valence-corrected chi connectivity index (χ0v) is 15.2. The van der Waals surface area contributed by atoms with Gasteiger partial charge < -0.3 is 9.47 Å². The molecule has 3 nitrogen and oxygen atoms in total. The Hall–Kier alpha value is -2.07. The van der Waals surface area contributed by atoms with E-state index in [4.69, 9.17) is 9.47 Å². The van der Waals surface area contributed by atoms with Crippen molar-refractivity contribution in [1.82, 2.24) is 0 Å². The molecule has 0 aromatic heterocycles. The summed E-state index contributed by atoms with van der Waals surface area (Å²) in [4.78, 5) is 12.3. The minimum atomic E-state index is -0.0326. The summed E-state index contributed by atoms with van der Waals surface area (Å²) in [5.74, 6) is 1.22. The van der Waals surface area contributed by atoms with Crippen molar-refractivity contribution in [2.24, 2.45) is 0 Å². The van der Waals surface area contributed by atoms with E-state index in [1.807, 2.05) is 44.2 Å². The third-order valence-corrected chi connectivity index (χ3v) is 4.40. The lowest BCUT2D eigenvalue weighted by Gasteiger charge is -2.09. The standard InChI is InChI=1S/C19H19BrO3/c1-12-5-6-15(9-13(12)2)17(21)8-7-14-10-18(22-3)19(23-4)11-16(14)20/h5-11H,1-4H3/b8-7+. The number of carbonyl (C=O) groups is 1. The maximum Gasteiger partial charge on any atom is 0.185 e. The lowest BCUT2D eigenvalue weighted by Crippen LogP contribution is -1.96. The van der Waals surface area contributed by atoms with E-state index >= 15 is 0 Å². The topological polar surface area (TPSA) is 35.5 Å². The second-order valence-corrected chi connectivity index (χ2v) is 6.08. The van der Waals surface area contributed by atoms with Crippen molar-refractivity contribution in [3.8, 4) is 11.5 Å². The molecule has 0 saturated carbocycles. The molecule has 2 aromatic carbocycles. The van der Waals surface area contributed by atoms with Gasteiger partial charge in [-0.1, -0.05) is 28.1 Å². The number of benzene rings is 2. The molecular formula is C19H19BrO3. The summed E-state index contributed by atoms with van der Waals surface area (Å²) in [5, 5.41) is 0. The maximum absolute atomic E-state index is 12.3. The molecule has 0 atom stereocenters. The lowest BCUT2D eigenvalue weighted by molar-refractivity contribution is 0.104. The molecule has 120 valence electrons. The molecule has 0 radical (unpaired) electrons. The summed E-state index contributed by atoms with van der Waals surface area (Å²) in [6.45, 7) is 4.03. The molecule has 0 heterocycles. The molecule has 0 bridgehead atoms. The van der Waals surface area contributed by atoms with E-state index in [1.165, 1.54) is 5.56 Å². The highest BCUT2D eigenvalue weighted by Crippen LogP contribution is 2.33. The van der Waals surface area contributed by atoms with E-state index in [-0.39, 0.29) is 5.78 Å². The molecule has 23 heavy (non-hydrogen) atoms. The van der Waals surface area contributed by atoms with Gasteiger partial charge in [-0.15, -0.1) is 0 Å². The zero-order chi connectivity index (χ0) is 17.0. The smallest absolute Gasteiger partial charge is 0.185 e. The van der Waals surface area contributed by atoms with Crippen molar-refractivity contribution in [2.45, 2.75) is 13.8 Å². The Morgan fingerprint density at radius 1 is 1.00 bits per heavy atom. The maximum atomic E-state index is 12.3. The highest BCUT2D eigenvalue weighted by Gasteiger charge is 2.09. The molecule has 0 aliphatic heterocycles. The fourth-order valence-electron chi connectivity index (χ4n) is 2.15. The first-order valence-electron chi connectivity index (χ1n) is 7.17. The van der Waals surface area contributed by atoms with Gasteiger partial charge in [-0.2, -0.15) is 0 Å². The number of methoxy groups -OCH3 is 2. The fourth-order valence-corrected chi connectivity index (χ4v) is 2.61. The largest absolute Gasteiger partial charge is 0.493 e. The van der Waals surface area contributed by atoms with Crippen LogP contribution in [0.1, 0.15) is 27.0 Å². The van der Waals surface area contributed by atoms with E-state index in [0.29, 0.717) is 17.1 Å². The Morgan fingerprint density at radius 3 is 2.26 bits per heavy atom. The highest BCUT2D eigenvalue weighted by atomic mass is 79.9. The number of rotatable bonds is 5. The van der Waals surface area contributed by atoms with Gasteiger partial charge >= 0.3 is 0 Å². The van der Waals surface area contributed by atoms with Gasteiger partial charge in [-0.05, 0) is 60.9 Å². The number of halogens is 1. The fraction of sp³-hybridized carbons (Fsp3) is 0.211. The second kappa shape index (κ2) is 7.47. The van der Waals surface area contributed by atoms with Gasteiger partial charge in [0.15, 0.2) is 17.3 Å². The first-order valence-corrected chi connectivity index (χ1v) is 7.96. The van der Waals surface area contributed by atoms with E-state index in [0.717, 1.165) is 15.6 Å². The first kappa shape index (κ1) is 17.3. The third kappa shape index (κ3) is 4.02. The molecule has 0 spiro atoms. The number of aryl methyl sites for hydroxylation is 2. The Labute approximate surface area is 145 Å². The predicted octanol–water partition coefficient (Wildman–Crippen LogP) is 4.98. The van der Waals surface area contributed by atoms with Crippen LogP contribution in [0.2, 0.25) is 0 Å². The Balaban J connectivity index is 2.28. The lowest BCUT2D eigenvalue weighted by atomic mass is 10.0. The first-order chi connectivity index (χ1) is 11.0. The number of carbonyl (C=O) groups excluding carboxylic acids is 1. The van der Waals surface area contributed by atoms with Crippen molar-refractivity contribution >= 4 is 27.8 Å². The average Bonchev–Trinajstić information content (AvgIpc) is 2.55. The predicted molar refractivity (Wildman–Crippen MR) is 96.5 cm³/mol. The summed E-state index contributed by atoms with van der Waals surface area (Å²) in [6, 6.07) is 9.36. The van der Waals surface area contributed by atoms with Gasteiger partial charge in [0, 0.05) is 10.0 Å². The number of hydrogen-bond donors (Lipinski definition) is 0. The van der Waals surface area contributed by atoms with Crippen molar-refractivity contribution in [3.63, 3.8) is 0 Å². The summed E-state index contributed by atoms with van der Waals surface area (Å²) < 4.78 is 11.4. The molecule has 0 N–H and O–H groups in total. The van der Waals surface area contributed by atoms with Crippen molar-refractivity contribution in [3.05, 3.63) is 63.1 Å². The van der Waals surface area contributed by atoms with E-state index in [2.05, 4.69) is 15.9 Å². The van der Waals surface area contributed by atoms with Crippen LogP contribution < -0.4 is 9.47 Å². The summed E-state index contributed by atoms with van der Waals surface area (Å²) in [5.41, 5.74) is 3.81. The van der Waals surface area contributed by atoms with Crippen LogP contribution in [0.3, 0.4) is 0 Å². The van der Waals surface area contributed by atoms with Gasteiger partial charge in [-0.25, -0.2) is 0 Å². The van der Waals surface area contributed by atoms with E-state index in [9.17, 15) is 4.79 Å². The molecule has 0 amide bonds. The van der Waals surface area contributed by atoms with Crippen molar-refractivity contribution in [2.75, 3.05) is 14.2 Å². The monoisotopic (exact) mass is 374 g/mol. The number of ether oxygens (including phenoxy) is 2. The minimum absolute atomic E-state index is 0.0326. The van der Waals surface area contributed by atoms with Gasteiger partial charge in [-0.3, -0.25) is 4.79 Å². The van der Waals surface area contributed by atoms with Crippen LogP contribution in [0.15, 0.2) is 40.9 Å². The van der Waals surface area contributed by atoms with Gasteiger partial charge in [0.1, 0.15) is 0 Å². The third-order valence-electron chi connectivity index (χ3n) is 3.71. The van der Waals surface area contributed by atoms with Crippen LogP contribution in [-0.4, -0.2) is 20.0 Å². The zero-order valence-electron chi connectivity index (χ0n) is 13.6. The van der Waals surface area contributed by atoms with Crippen molar-refractivity contribution in [1.29, 1.82) is 0 Å². The number of allylic oxidation sites excluding steroid dienone is 1. The second-order valence-electron chi connectivity index (χ2n) is 5.23. The van der Waals surface area contributed by atoms with Crippen molar-refractivity contribution < 1.29 is 14.3 Å². The number of ketones is 1. The number of hydrogen-bond acceptors (Lipinski definition) is 3. The molecule has 4 heteroatoms. The van der Waals surface area contributed by atoms with Gasteiger partial charge in [0.25, 0.3) is 0 Å². The Morgan fingerprint density at radius 2 is 1.65 bits per heavy atom. The molecular weight excluding hydrogens is 356 g/mol. The summed E-state index contributed by atoms with van der Waals surface area (Å²) >= 11 is 3.48. The molecule has 0 aliphatic rings. The molecule has 2 rings (SSSR count). The quantitative estimate of drug-likeness (QED) is 0.546. The Kier molecular flexibility index (Phi) is 5.61. The highest BCUT2D eigenvalue weighted by molar-refractivity contribution is 9.10. The Bertz CT molecular complexity index is 763. The normalized spacial score (nSPS) is 10.8. The summed E-state index contributed by atoms with van der Waals surface area (Å²) in [6.07, 6.45) is 3.33. The average molecular weight is 375 g/mol. The molecule has 2 aromatic rings. The van der Waals surface area contributed by atoms with Crippen LogP contribution in [0.25, 0.3) is 6.08 Å². The van der Waals surface area contributed by atoms with E-state index in [1.54, 1.807) is 26.4 Å². The summed E-state index contributed by atoms with van der Waals surface area (Å²) in [7, 11) is 3.17. The van der Waals surface area contributed by atoms with Crippen LogP contribution in [-0.2, 0) is 0 Å². The van der Waals surface area contributed by atoms with E-state index < -0.39 is 0 Å². The minimum Gasteiger partial charge on any atom is -0.493 e. The van der Waals surface area contributed by atoms with Gasteiger partial charge in [0.05, 0.1) is 14.2 Å². The van der Waals surface area contributed by atoms with Crippen LogP contribution in [0.4, 0.5) is 0 Å². The SMILES string of the molecule is COc1cc(Br)c(/C=C/C(=O)c2ccc(C)c(C)c2)cc1OC. The van der Waals surface area contributed by atoms with Gasteiger partial charge in [0.2, 0.25) is 0 Å². The van der Waals surface area contributed by atoms with Crippen LogP contribution in [0.5, 0.6) is 11.5 Å².